The van der Waals surface area contributed by atoms with Gasteiger partial charge in [-0.05, 0) is 19.8 Å². The van der Waals surface area contributed by atoms with E-state index in [1.165, 1.54) is 0 Å². The van der Waals surface area contributed by atoms with Crippen molar-refractivity contribution >= 4 is 5.91 Å². The van der Waals surface area contributed by atoms with Crippen LogP contribution in [0.5, 0.6) is 0 Å². The van der Waals surface area contributed by atoms with E-state index in [-0.39, 0.29) is 11.8 Å². The Labute approximate surface area is 109 Å². The second-order valence-electron chi connectivity index (χ2n) is 4.90. The molecule has 0 aliphatic carbocycles. The Kier molecular flexibility index (Phi) is 4.90. The normalized spacial score (nSPS) is 14.3. The Hall–Kier alpha value is -1.36. The van der Waals surface area contributed by atoms with Crippen molar-refractivity contribution in [2.75, 3.05) is 0 Å². The summed E-state index contributed by atoms with van der Waals surface area (Å²) in [4.78, 5) is 11.9. The van der Waals surface area contributed by atoms with Crippen molar-refractivity contribution in [1.82, 2.24) is 15.1 Å². The number of carbonyl (C=O) groups is 1. The summed E-state index contributed by atoms with van der Waals surface area (Å²) in [5.74, 6) is 0.105. The zero-order valence-electron chi connectivity index (χ0n) is 11.9. The molecule has 1 aromatic rings. The molecule has 5 heteroatoms. The van der Waals surface area contributed by atoms with Crippen LogP contribution >= 0.6 is 0 Å². The topological polar surface area (TPSA) is 72.9 Å². The van der Waals surface area contributed by atoms with Crippen LogP contribution in [0.3, 0.4) is 0 Å². The number of nitrogens with two attached hydrogens (primary N) is 1. The summed E-state index contributed by atoms with van der Waals surface area (Å²) in [7, 11) is 1.90. The minimum atomic E-state index is -0.438. The molecule has 0 radical (unpaired) electrons. The van der Waals surface area contributed by atoms with Crippen LogP contribution in [0.25, 0.3) is 0 Å². The molecular formula is C13H24N4O. The first-order valence-electron chi connectivity index (χ1n) is 6.40. The van der Waals surface area contributed by atoms with Crippen molar-refractivity contribution in [3.8, 4) is 0 Å². The van der Waals surface area contributed by atoms with E-state index in [4.69, 9.17) is 5.73 Å². The molecule has 0 aliphatic rings. The Morgan fingerprint density at radius 3 is 2.56 bits per heavy atom. The molecule has 2 atom stereocenters. The van der Waals surface area contributed by atoms with Gasteiger partial charge in [-0.1, -0.05) is 20.3 Å². The second kappa shape index (κ2) is 6.00. The van der Waals surface area contributed by atoms with Crippen LogP contribution in [0.2, 0.25) is 0 Å². The van der Waals surface area contributed by atoms with E-state index in [9.17, 15) is 4.79 Å². The predicted molar refractivity (Wildman–Crippen MR) is 72.0 cm³/mol. The minimum Gasteiger partial charge on any atom is -0.351 e. The molecule has 0 spiro atoms. The SMILES string of the molecule is CCC(C)[C@H](N)C(=O)NCc1c(C)nn(C)c1C. The molecular weight excluding hydrogens is 228 g/mol. The molecule has 1 rings (SSSR count). The molecule has 0 fully saturated rings. The van der Waals surface area contributed by atoms with Gasteiger partial charge in [0.25, 0.3) is 0 Å². The van der Waals surface area contributed by atoms with Crippen molar-refractivity contribution in [2.24, 2.45) is 18.7 Å². The van der Waals surface area contributed by atoms with Gasteiger partial charge in [0.2, 0.25) is 5.91 Å². The van der Waals surface area contributed by atoms with Crippen LogP contribution in [0.4, 0.5) is 0 Å². The number of aryl methyl sites for hydroxylation is 2. The Bertz CT molecular complexity index is 425. The summed E-state index contributed by atoms with van der Waals surface area (Å²) in [5.41, 5.74) is 8.98. The molecule has 1 heterocycles. The van der Waals surface area contributed by atoms with Gasteiger partial charge in [0.1, 0.15) is 0 Å². The maximum atomic E-state index is 11.9. The quantitative estimate of drug-likeness (QED) is 0.822. The van der Waals surface area contributed by atoms with E-state index in [0.717, 1.165) is 23.4 Å². The molecule has 0 bridgehead atoms. The van der Waals surface area contributed by atoms with Crippen molar-refractivity contribution in [2.45, 2.75) is 46.7 Å². The average Bonchev–Trinajstić information content (AvgIpc) is 2.59. The fourth-order valence-electron chi connectivity index (χ4n) is 1.88. The number of hydrogen-bond donors (Lipinski definition) is 2. The van der Waals surface area contributed by atoms with E-state index in [1.807, 2.05) is 39.4 Å². The monoisotopic (exact) mass is 252 g/mol. The third-order valence-electron chi connectivity index (χ3n) is 3.66. The zero-order valence-corrected chi connectivity index (χ0v) is 11.9. The van der Waals surface area contributed by atoms with Crippen LogP contribution < -0.4 is 11.1 Å². The van der Waals surface area contributed by atoms with Crippen molar-refractivity contribution in [3.05, 3.63) is 17.0 Å². The first-order valence-corrected chi connectivity index (χ1v) is 6.40. The molecule has 0 saturated carbocycles. The zero-order chi connectivity index (χ0) is 13.9. The highest BCUT2D eigenvalue weighted by Crippen LogP contribution is 2.12. The smallest absolute Gasteiger partial charge is 0.237 e. The van der Waals surface area contributed by atoms with Gasteiger partial charge in [-0.2, -0.15) is 5.10 Å². The molecule has 0 saturated heterocycles. The van der Waals surface area contributed by atoms with E-state index in [1.54, 1.807) is 0 Å². The lowest BCUT2D eigenvalue weighted by Gasteiger charge is -2.17. The number of amides is 1. The molecule has 3 N–H and O–H groups in total. The number of rotatable bonds is 5. The summed E-state index contributed by atoms with van der Waals surface area (Å²) >= 11 is 0. The van der Waals surface area contributed by atoms with Gasteiger partial charge in [0, 0.05) is 24.8 Å². The fourth-order valence-corrected chi connectivity index (χ4v) is 1.88. The maximum absolute atomic E-state index is 11.9. The lowest BCUT2D eigenvalue weighted by molar-refractivity contribution is -0.123. The largest absolute Gasteiger partial charge is 0.351 e. The molecule has 5 nitrogen and oxygen atoms in total. The summed E-state index contributed by atoms with van der Waals surface area (Å²) < 4.78 is 1.82. The highest BCUT2D eigenvalue weighted by molar-refractivity contribution is 5.81. The molecule has 0 aliphatic heterocycles. The lowest BCUT2D eigenvalue weighted by Crippen LogP contribution is -2.44. The Balaban J connectivity index is 2.63. The summed E-state index contributed by atoms with van der Waals surface area (Å²) in [5, 5.41) is 7.21. The number of carbonyl (C=O) groups excluding carboxylic acids is 1. The summed E-state index contributed by atoms with van der Waals surface area (Å²) in [6.07, 6.45) is 0.902. The lowest BCUT2D eigenvalue weighted by atomic mass is 9.99. The van der Waals surface area contributed by atoms with Crippen molar-refractivity contribution < 1.29 is 4.79 Å². The van der Waals surface area contributed by atoms with Gasteiger partial charge in [-0.15, -0.1) is 0 Å². The average molecular weight is 252 g/mol. The molecule has 18 heavy (non-hydrogen) atoms. The van der Waals surface area contributed by atoms with Gasteiger partial charge in [-0.25, -0.2) is 0 Å². The highest BCUT2D eigenvalue weighted by Gasteiger charge is 2.19. The summed E-state index contributed by atoms with van der Waals surface area (Å²) in [6.45, 7) is 8.46. The first kappa shape index (κ1) is 14.7. The van der Waals surface area contributed by atoms with Gasteiger partial charge >= 0.3 is 0 Å². The highest BCUT2D eigenvalue weighted by atomic mass is 16.2. The Morgan fingerprint density at radius 1 is 1.50 bits per heavy atom. The number of aromatic nitrogens is 2. The van der Waals surface area contributed by atoms with E-state index >= 15 is 0 Å². The van der Waals surface area contributed by atoms with E-state index in [0.29, 0.717) is 6.54 Å². The number of nitrogens with zero attached hydrogens (tertiary/aromatic N) is 2. The van der Waals surface area contributed by atoms with Crippen LogP contribution in [-0.4, -0.2) is 21.7 Å². The van der Waals surface area contributed by atoms with Crippen molar-refractivity contribution in [1.29, 1.82) is 0 Å². The predicted octanol–water partition coefficient (Wildman–Crippen LogP) is 1.03. The molecule has 0 aromatic carbocycles. The number of nitrogens with one attached hydrogen (secondary N) is 1. The van der Waals surface area contributed by atoms with Gasteiger partial charge in [0.15, 0.2) is 0 Å². The molecule has 1 amide bonds. The van der Waals surface area contributed by atoms with Crippen LogP contribution in [0.15, 0.2) is 0 Å². The van der Waals surface area contributed by atoms with Crippen LogP contribution in [-0.2, 0) is 18.4 Å². The number of hydrogen-bond acceptors (Lipinski definition) is 3. The van der Waals surface area contributed by atoms with E-state index < -0.39 is 6.04 Å². The fraction of sp³-hybridized carbons (Fsp3) is 0.692. The van der Waals surface area contributed by atoms with E-state index in [2.05, 4.69) is 10.4 Å². The second-order valence-corrected chi connectivity index (χ2v) is 4.90. The first-order chi connectivity index (χ1) is 8.38. The van der Waals surface area contributed by atoms with Crippen LogP contribution in [0, 0.1) is 19.8 Å². The Morgan fingerprint density at radius 2 is 2.11 bits per heavy atom. The standard InChI is InChI=1S/C13H24N4O/c1-6-8(2)12(14)13(18)15-7-11-9(3)16-17(5)10(11)4/h8,12H,6-7,14H2,1-5H3,(H,15,18)/t8?,12-/m0/s1. The van der Waals surface area contributed by atoms with Gasteiger partial charge < -0.3 is 11.1 Å². The third kappa shape index (κ3) is 3.10. The summed E-state index contributed by atoms with van der Waals surface area (Å²) in [6, 6.07) is -0.438. The third-order valence-corrected chi connectivity index (χ3v) is 3.66. The maximum Gasteiger partial charge on any atom is 0.237 e. The van der Waals surface area contributed by atoms with Gasteiger partial charge in [0.05, 0.1) is 11.7 Å². The molecule has 1 unspecified atom stereocenters. The van der Waals surface area contributed by atoms with Gasteiger partial charge in [-0.3, -0.25) is 9.48 Å². The minimum absolute atomic E-state index is 0.0907. The van der Waals surface area contributed by atoms with Crippen LogP contribution in [0.1, 0.15) is 37.2 Å². The van der Waals surface area contributed by atoms with Crippen molar-refractivity contribution in [3.63, 3.8) is 0 Å². The molecule has 1 aromatic heterocycles. The molecule has 102 valence electrons.